The van der Waals surface area contributed by atoms with Gasteiger partial charge in [-0.15, -0.1) is 0 Å². The molecule has 0 rings (SSSR count). The van der Waals surface area contributed by atoms with E-state index in [2.05, 4.69) is 245 Å². The summed E-state index contributed by atoms with van der Waals surface area (Å²) >= 11 is 0. The summed E-state index contributed by atoms with van der Waals surface area (Å²) in [5.41, 5.74) is 0. The number of nitrogens with zero attached hydrogens (tertiary/aromatic N) is 1. The zero-order valence-electron chi connectivity index (χ0n) is 58.8. The first kappa shape index (κ1) is 86.4. The number of ether oxygens (including phenoxy) is 4. The molecule has 0 aromatic heterocycles. The van der Waals surface area contributed by atoms with Crippen molar-refractivity contribution in [3.8, 4) is 0 Å². The Kier molecular flexibility index (Phi) is 66.1. The molecule has 0 aromatic carbocycles. The fraction of sp³-hybridized carbons (Fsp3) is 0.512. The maximum absolute atomic E-state index is 12.9. The third-order valence-electron chi connectivity index (χ3n) is 13.9. The molecule has 0 amide bonds. The molecule has 0 fully saturated rings. The quantitative estimate of drug-likeness (QED) is 0.0195. The van der Waals surface area contributed by atoms with Crippen LogP contribution in [0.5, 0.6) is 0 Å². The summed E-state index contributed by atoms with van der Waals surface area (Å²) in [6, 6.07) is 0. The van der Waals surface area contributed by atoms with E-state index < -0.39 is 30.3 Å². The van der Waals surface area contributed by atoms with Crippen molar-refractivity contribution >= 4 is 17.9 Å². The number of hydrogen-bond acceptors (Lipinski definition) is 8. The predicted molar refractivity (Wildman–Crippen MR) is 397 cm³/mol. The van der Waals surface area contributed by atoms with Crippen LogP contribution in [0.25, 0.3) is 0 Å². The number of carboxylic acids is 1. The second kappa shape index (κ2) is 71.2. The number of likely N-dealkylation sites (N-methyl/N-ethyl adjacent to an activating group) is 1. The van der Waals surface area contributed by atoms with Gasteiger partial charge in [-0.3, -0.25) is 9.59 Å². The number of carbonyl (C=O) groups is 3. The van der Waals surface area contributed by atoms with Crippen molar-refractivity contribution in [3.63, 3.8) is 0 Å². The van der Waals surface area contributed by atoms with Crippen molar-refractivity contribution in [1.29, 1.82) is 0 Å². The van der Waals surface area contributed by atoms with Crippen LogP contribution in [0.3, 0.4) is 0 Å². The van der Waals surface area contributed by atoms with Gasteiger partial charge in [-0.2, -0.15) is 0 Å². The molecule has 2 unspecified atom stereocenters. The van der Waals surface area contributed by atoms with E-state index in [-0.39, 0.29) is 32.7 Å². The molecule has 9 nitrogen and oxygen atoms in total. The van der Waals surface area contributed by atoms with Gasteiger partial charge in [0.15, 0.2) is 12.4 Å². The summed E-state index contributed by atoms with van der Waals surface area (Å²) in [4.78, 5) is 37.5. The highest BCUT2D eigenvalue weighted by Gasteiger charge is 2.22. The molecule has 2 atom stereocenters. The van der Waals surface area contributed by atoms with Crippen LogP contribution >= 0.6 is 0 Å². The Morgan fingerprint density at radius 1 is 0.323 bits per heavy atom. The average molecular weight is 1280 g/mol. The number of quaternary nitrogens is 1. The van der Waals surface area contributed by atoms with Crippen LogP contribution in [-0.4, -0.2) is 82.3 Å². The zero-order chi connectivity index (χ0) is 67.5. The van der Waals surface area contributed by atoms with E-state index in [0.717, 1.165) is 167 Å². The van der Waals surface area contributed by atoms with E-state index in [1.807, 2.05) is 21.1 Å². The van der Waals surface area contributed by atoms with E-state index in [1.165, 1.54) is 12.8 Å². The molecular formula is C84H127NO8. The SMILES string of the molecule is CC/C=C\C/C=C\C/C=C\C/C=C\C/C=C\C/C=C\C/C=C\C/C=C\C/C=C\C/C=C\C/C=C\CCCCCCCCCC(=O)OC(COC(=O)CCCC/C=C\C/C=C\C/C=C\C/C=C\C/C=C\C/C=C\C/C=C\C/C=C\CC)COC(OCC[N+](C)(C)C)C(=O)[O-]. The summed E-state index contributed by atoms with van der Waals surface area (Å²) < 4.78 is 22.7. The van der Waals surface area contributed by atoms with E-state index in [0.29, 0.717) is 23.9 Å². The van der Waals surface area contributed by atoms with Gasteiger partial charge in [-0.25, -0.2) is 0 Å². The maximum atomic E-state index is 12.9. The molecule has 0 spiro atoms. The van der Waals surface area contributed by atoms with Crippen molar-refractivity contribution in [2.45, 2.75) is 232 Å². The molecule has 0 aliphatic rings. The molecule has 0 bridgehead atoms. The van der Waals surface area contributed by atoms with Gasteiger partial charge in [0.2, 0.25) is 0 Å². The Hall–Kier alpha value is -6.65. The van der Waals surface area contributed by atoms with Gasteiger partial charge >= 0.3 is 11.9 Å². The van der Waals surface area contributed by atoms with Gasteiger partial charge < -0.3 is 33.3 Å². The van der Waals surface area contributed by atoms with Crippen molar-refractivity contribution in [2.75, 3.05) is 47.5 Å². The first-order valence-corrected chi connectivity index (χ1v) is 35.5. The minimum Gasteiger partial charge on any atom is -0.545 e. The molecule has 0 heterocycles. The minimum atomic E-state index is -1.65. The van der Waals surface area contributed by atoms with Gasteiger partial charge in [-0.1, -0.05) is 277 Å². The molecule has 0 saturated heterocycles. The van der Waals surface area contributed by atoms with Crippen molar-refractivity contribution < 1.29 is 42.9 Å². The minimum absolute atomic E-state index is 0.124. The number of carbonyl (C=O) groups excluding carboxylic acids is 3. The number of unbranched alkanes of at least 4 members (excludes halogenated alkanes) is 9. The number of allylic oxidation sites excluding steroid dienone is 38. The Bertz CT molecular complexity index is 2380. The number of rotatable bonds is 62. The van der Waals surface area contributed by atoms with E-state index in [9.17, 15) is 19.5 Å². The van der Waals surface area contributed by atoms with Gasteiger partial charge in [0.05, 0.1) is 40.3 Å². The summed E-state index contributed by atoms with van der Waals surface area (Å²) in [6.07, 6.45) is 111. The first-order valence-electron chi connectivity index (χ1n) is 35.5. The molecule has 516 valence electrons. The van der Waals surface area contributed by atoms with E-state index >= 15 is 0 Å². The number of hydrogen-bond donors (Lipinski definition) is 0. The van der Waals surface area contributed by atoms with Crippen molar-refractivity contribution in [1.82, 2.24) is 0 Å². The fourth-order valence-corrected chi connectivity index (χ4v) is 8.55. The lowest BCUT2D eigenvalue weighted by Crippen LogP contribution is -2.44. The highest BCUT2D eigenvalue weighted by Crippen LogP contribution is 2.13. The summed E-state index contributed by atoms with van der Waals surface area (Å²) in [5, 5.41) is 11.8. The fourth-order valence-electron chi connectivity index (χ4n) is 8.55. The zero-order valence-corrected chi connectivity index (χ0v) is 58.8. The largest absolute Gasteiger partial charge is 0.545 e. The Morgan fingerprint density at radius 3 is 0.882 bits per heavy atom. The van der Waals surface area contributed by atoms with Crippen molar-refractivity contribution in [2.24, 2.45) is 0 Å². The highest BCUT2D eigenvalue weighted by molar-refractivity contribution is 5.70. The summed E-state index contributed by atoms with van der Waals surface area (Å²) in [5.74, 6) is -2.39. The number of esters is 2. The van der Waals surface area contributed by atoms with Gasteiger partial charge in [-0.05, 0) is 161 Å². The maximum Gasteiger partial charge on any atom is 0.306 e. The van der Waals surface area contributed by atoms with Crippen LogP contribution in [0.2, 0.25) is 0 Å². The number of aliphatic carboxylic acids is 1. The molecule has 0 saturated carbocycles. The lowest BCUT2D eigenvalue weighted by molar-refractivity contribution is -0.870. The molecule has 0 aliphatic heterocycles. The Morgan fingerprint density at radius 2 is 0.581 bits per heavy atom. The third kappa shape index (κ3) is 72.6. The Balaban J connectivity index is 4.30. The second-order valence-electron chi connectivity index (χ2n) is 23.7. The van der Waals surface area contributed by atoms with Crippen LogP contribution < -0.4 is 5.11 Å². The Labute approximate surface area is 568 Å². The summed E-state index contributed by atoms with van der Waals surface area (Å²) in [7, 11) is 5.89. The standard InChI is InChI=1S/C84H127NO8/c1-6-8-10-12-14-16-18-20-22-24-26-28-30-32-34-35-36-37-38-39-40-41-42-43-44-45-46-47-49-51-53-55-57-59-61-63-65-67-69-71-73-75-82(87)93-80(79-92-84(83(88)89)90-77-76-85(3,4)5)78-91-81(86)74-72-70-68-66-64-62-60-58-56-54-52-50-48-33-31-29-27-25-23-21-19-17-15-13-11-9-7-2/h8-11,14-17,20-23,26-29,32-34,36-37,39-40,42-43,45-46,48-49,51-52,54-55,57-58,60,64,66,80,84H,6-7,12-13,18-19,24-25,30-31,35,38,41,44,47,50,53,56,59,61-63,65,67-79H2,1-5H3/b10-8-,11-9-,16-14-,17-15-,22-20-,23-21-,28-26-,29-27-,34-32-,37-36-,40-39-,43-42-,46-45-,48-33-,51-49-,54-52-,57-55-,60-58-,66-64-. The van der Waals surface area contributed by atoms with Crippen LogP contribution in [0.1, 0.15) is 219 Å². The molecule has 0 N–H and O–H groups in total. The molecule has 93 heavy (non-hydrogen) atoms. The highest BCUT2D eigenvalue weighted by atomic mass is 16.7. The van der Waals surface area contributed by atoms with Crippen LogP contribution in [-0.2, 0) is 33.3 Å². The van der Waals surface area contributed by atoms with Crippen molar-refractivity contribution in [3.05, 3.63) is 231 Å². The third-order valence-corrected chi connectivity index (χ3v) is 13.9. The normalized spacial score (nSPS) is 14.1. The molecule has 0 aromatic rings. The second-order valence-corrected chi connectivity index (χ2v) is 23.7. The van der Waals surface area contributed by atoms with Gasteiger partial charge in [0, 0.05) is 12.8 Å². The smallest absolute Gasteiger partial charge is 0.306 e. The molecule has 0 radical (unpaired) electrons. The summed E-state index contributed by atoms with van der Waals surface area (Å²) in [6.45, 7) is 4.42. The predicted octanol–water partition coefficient (Wildman–Crippen LogP) is 21.3. The lowest BCUT2D eigenvalue weighted by Gasteiger charge is -2.26. The van der Waals surface area contributed by atoms with Gasteiger partial charge in [0.1, 0.15) is 13.2 Å². The molecular weight excluding hydrogens is 1150 g/mol. The lowest BCUT2D eigenvalue weighted by atomic mass is 10.1. The average Bonchev–Trinajstić information content (AvgIpc) is 3.38. The van der Waals surface area contributed by atoms with Gasteiger partial charge in [0.25, 0.3) is 0 Å². The monoisotopic (exact) mass is 1280 g/mol. The van der Waals surface area contributed by atoms with Crippen LogP contribution in [0.4, 0.5) is 0 Å². The van der Waals surface area contributed by atoms with Crippen LogP contribution in [0, 0.1) is 0 Å². The molecule has 0 aliphatic carbocycles. The first-order chi connectivity index (χ1) is 45.6. The molecule has 9 heteroatoms. The van der Waals surface area contributed by atoms with E-state index in [1.54, 1.807) is 0 Å². The van der Waals surface area contributed by atoms with Crippen LogP contribution in [0.15, 0.2) is 231 Å². The number of carboxylic acid groups (broad SMARTS) is 1. The topological polar surface area (TPSA) is 111 Å². The van der Waals surface area contributed by atoms with E-state index in [4.69, 9.17) is 18.9 Å².